The fourth-order valence-electron chi connectivity index (χ4n) is 5.05. The Morgan fingerprint density at radius 2 is 1.86 bits per heavy atom. The number of hydrogen-bond donors (Lipinski definition) is 0. The van der Waals surface area contributed by atoms with E-state index in [2.05, 4.69) is 46.8 Å². The van der Waals surface area contributed by atoms with Gasteiger partial charge in [-0.1, -0.05) is 41.0 Å². The van der Waals surface area contributed by atoms with Crippen LogP contribution in [-0.4, -0.2) is 12.9 Å². The van der Waals surface area contributed by atoms with E-state index in [-0.39, 0.29) is 16.7 Å². The fourth-order valence-corrected chi connectivity index (χ4v) is 5.05. The zero-order chi connectivity index (χ0) is 16.3. The first-order chi connectivity index (χ1) is 10.2. The summed E-state index contributed by atoms with van der Waals surface area (Å²) in [5.41, 5.74) is 3.36. The Bertz CT molecular complexity index is 627. The lowest BCUT2D eigenvalue weighted by atomic mass is 9.56. The highest BCUT2D eigenvalue weighted by molar-refractivity contribution is 6.05. The van der Waals surface area contributed by atoms with Crippen molar-refractivity contribution in [2.75, 3.05) is 7.11 Å². The number of carbonyl (C=O) groups is 1. The number of ketones is 1. The average Bonchev–Trinajstić information content (AvgIpc) is 2.66. The summed E-state index contributed by atoms with van der Waals surface area (Å²) in [6.07, 6.45) is 3.44. The molecule has 0 N–H and O–H groups in total. The molecule has 0 saturated heterocycles. The largest absolute Gasteiger partial charge is 0.496 e. The molecule has 22 heavy (non-hydrogen) atoms. The minimum atomic E-state index is -0.0308. The van der Waals surface area contributed by atoms with Crippen LogP contribution in [0.3, 0.4) is 0 Å². The van der Waals surface area contributed by atoms with Crippen molar-refractivity contribution in [1.82, 2.24) is 0 Å². The van der Waals surface area contributed by atoms with Crippen molar-refractivity contribution in [3.05, 3.63) is 28.8 Å². The molecule has 3 rings (SSSR count). The van der Waals surface area contributed by atoms with Gasteiger partial charge in [-0.05, 0) is 47.4 Å². The van der Waals surface area contributed by atoms with Gasteiger partial charge in [0.1, 0.15) is 5.75 Å². The third kappa shape index (κ3) is 1.96. The van der Waals surface area contributed by atoms with Gasteiger partial charge in [-0.25, -0.2) is 0 Å². The van der Waals surface area contributed by atoms with E-state index in [0.717, 1.165) is 29.7 Å². The number of hydrogen-bond acceptors (Lipinski definition) is 2. The van der Waals surface area contributed by atoms with Gasteiger partial charge in [-0.2, -0.15) is 0 Å². The van der Waals surface area contributed by atoms with E-state index in [4.69, 9.17) is 4.74 Å². The summed E-state index contributed by atoms with van der Waals surface area (Å²) in [4.78, 5) is 13.2. The molecule has 0 aliphatic heterocycles. The van der Waals surface area contributed by atoms with E-state index in [1.54, 1.807) is 7.11 Å². The number of rotatable bonds is 2. The Morgan fingerprint density at radius 3 is 2.45 bits per heavy atom. The lowest BCUT2D eigenvalue weighted by molar-refractivity contribution is 0.0500. The van der Waals surface area contributed by atoms with E-state index < -0.39 is 0 Å². The predicted octanol–water partition coefficient (Wildman–Crippen LogP) is 5.10. The van der Waals surface area contributed by atoms with Gasteiger partial charge >= 0.3 is 0 Å². The van der Waals surface area contributed by atoms with Crippen LogP contribution >= 0.6 is 0 Å². The maximum absolute atomic E-state index is 13.2. The fraction of sp³-hybridized carbons (Fsp3) is 0.650. The lowest BCUT2D eigenvalue weighted by Crippen LogP contribution is -2.44. The summed E-state index contributed by atoms with van der Waals surface area (Å²) >= 11 is 0. The molecule has 0 bridgehead atoms. The van der Waals surface area contributed by atoms with Crippen LogP contribution in [0.4, 0.5) is 0 Å². The quantitative estimate of drug-likeness (QED) is 0.759. The van der Waals surface area contributed by atoms with E-state index >= 15 is 0 Å². The third-order valence-electron chi connectivity index (χ3n) is 6.07. The molecule has 0 radical (unpaired) electrons. The molecule has 2 heteroatoms. The molecule has 0 aromatic heterocycles. The van der Waals surface area contributed by atoms with Crippen LogP contribution in [0.2, 0.25) is 0 Å². The molecule has 1 saturated carbocycles. The first-order valence-electron chi connectivity index (χ1n) is 8.49. The maximum Gasteiger partial charge on any atom is 0.167 e. The second kappa shape index (κ2) is 4.84. The third-order valence-corrected chi connectivity index (χ3v) is 6.07. The van der Waals surface area contributed by atoms with Gasteiger partial charge in [-0.3, -0.25) is 4.79 Å². The smallest absolute Gasteiger partial charge is 0.167 e. The van der Waals surface area contributed by atoms with Crippen LogP contribution in [0, 0.1) is 11.3 Å². The standard InChI is InChI=1S/C20H28O2/c1-12(2)13-10-14-15(11-16(13)22-6)20(5)9-7-8-19(3,4)18(20)17(14)21/h10-12,18H,7-9H2,1-6H3/t18-,20?/m0/s1. The minimum absolute atomic E-state index is 0.0308. The van der Waals surface area contributed by atoms with Gasteiger partial charge in [0.15, 0.2) is 5.78 Å². The van der Waals surface area contributed by atoms with Crippen molar-refractivity contribution in [3.63, 3.8) is 0 Å². The Morgan fingerprint density at radius 1 is 1.18 bits per heavy atom. The molecule has 1 fully saturated rings. The van der Waals surface area contributed by atoms with Crippen LogP contribution in [0.1, 0.15) is 81.3 Å². The summed E-state index contributed by atoms with van der Waals surface area (Å²) in [6.45, 7) is 11.1. The van der Waals surface area contributed by atoms with Gasteiger partial charge in [0.2, 0.25) is 0 Å². The SMILES string of the molecule is COc1cc2c(cc1C(C)C)C(=O)[C@H]1C(C)(C)CCCC21C. The first-order valence-corrected chi connectivity index (χ1v) is 8.49. The Balaban J connectivity index is 2.23. The molecule has 120 valence electrons. The molecule has 0 amide bonds. The number of Topliss-reactive ketones (excluding diaryl/α,β-unsaturated/α-hetero) is 1. The zero-order valence-electron chi connectivity index (χ0n) is 14.7. The Hall–Kier alpha value is -1.31. The molecule has 2 aliphatic carbocycles. The second-order valence-electron chi connectivity index (χ2n) is 8.35. The van der Waals surface area contributed by atoms with E-state index in [9.17, 15) is 4.79 Å². The number of benzene rings is 1. The summed E-state index contributed by atoms with van der Waals surface area (Å²) in [5, 5.41) is 0. The van der Waals surface area contributed by atoms with Crippen LogP contribution in [0.25, 0.3) is 0 Å². The van der Waals surface area contributed by atoms with E-state index in [1.165, 1.54) is 12.0 Å². The van der Waals surface area contributed by atoms with Crippen LogP contribution in [0.5, 0.6) is 5.75 Å². The van der Waals surface area contributed by atoms with E-state index in [0.29, 0.717) is 11.7 Å². The summed E-state index contributed by atoms with van der Waals surface area (Å²) in [7, 11) is 1.73. The molecule has 2 atom stereocenters. The van der Waals surface area contributed by atoms with Crippen LogP contribution in [-0.2, 0) is 5.41 Å². The average molecular weight is 300 g/mol. The summed E-state index contributed by atoms with van der Waals surface area (Å²) in [5.74, 6) is 1.76. The zero-order valence-corrected chi connectivity index (χ0v) is 14.7. The van der Waals surface area contributed by atoms with Crippen molar-refractivity contribution >= 4 is 5.78 Å². The predicted molar refractivity (Wildman–Crippen MR) is 89.9 cm³/mol. The van der Waals surface area contributed by atoms with Gasteiger partial charge in [-0.15, -0.1) is 0 Å². The van der Waals surface area contributed by atoms with Crippen molar-refractivity contribution in [3.8, 4) is 5.75 Å². The Labute approximate surface area is 134 Å². The molecular weight excluding hydrogens is 272 g/mol. The molecule has 0 heterocycles. The molecule has 2 nitrogen and oxygen atoms in total. The number of methoxy groups -OCH3 is 1. The van der Waals surface area contributed by atoms with Crippen LogP contribution < -0.4 is 4.74 Å². The van der Waals surface area contributed by atoms with Gasteiger partial charge < -0.3 is 4.74 Å². The highest BCUT2D eigenvalue weighted by Gasteiger charge is 2.56. The summed E-state index contributed by atoms with van der Waals surface area (Å²) < 4.78 is 5.63. The lowest BCUT2D eigenvalue weighted by Gasteiger charge is -2.46. The van der Waals surface area contributed by atoms with Crippen molar-refractivity contribution < 1.29 is 9.53 Å². The topological polar surface area (TPSA) is 26.3 Å². The summed E-state index contributed by atoms with van der Waals surface area (Å²) in [6, 6.07) is 4.27. The van der Waals surface area contributed by atoms with Crippen molar-refractivity contribution in [1.29, 1.82) is 0 Å². The van der Waals surface area contributed by atoms with Crippen molar-refractivity contribution in [2.24, 2.45) is 11.3 Å². The first kappa shape index (κ1) is 15.6. The molecule has 0 spiro atoms. The molecule has 1 aromatic rings. The monoisotopic (exact) mass is 300 g/mol. The molecular formula is C20H28O2. The maximum atomic E-state index is 13.2. The highest BCUT2D eigenvalue weighted by Crippen LogP contribution is 2.59. The minimum Gasteiger partial charge on any atom is -0.496 e. The van der Waals surface area contributed by atoms with Crippen molar-refractivity contribution in [2.45, 2.75) is 65.2 Å². The van der Waals surface area contributed by atoms with Gasteiger partial charge in [0, 0.05) is 16.9 Å². The van der Waals surface area contributed by atoms with Crippen LogP contribution in [0.15, 0.2) is 12.1 Å². The van der Waals surface area contributed by atoms with Gasteiger partial charge in [0.05, 0.1) is 7.11 Å². The number of ether oxygens (including phenoxy) is 1. The molecule has 1 unspecified atom stereocenters. The highest BCUT2D eigenvalue weighted by atomic mass is 16.5. The number of fused-ring (bicyclic) bond motifs is 3. The second-order valence-corrected chi connectivity index (χ2v) is 8.35. The Kier molecular flexibility index (Phi) is 3.43. The number of carbonyl (C=O) groups excluding carboxylic acids is 1. The normalized spacial score (nSPS) is 29.4. The molecule has 1 aromatic carbocycles. The van der Waals surface area contributed by atoms with Gasteiger partial charge in [0.25, 0.3) is 0 Å². The van der Waals surface area contributed by atoms with E-state index in [1.807, 2.05) is 0 Å². The molecule has 2 aliphatic rings.